The zero-order valence-electron chi connectivity index (χ0n) is 14.8. The van der Waals surface area contributed by atoms with Crippen LogP contribution in [0, 0.1) is 0 Å². The first-order valence-electron chi connectivity index (χ1n) is 8.82. The molecule has 1 aromatic heterocycles. The van der Waals surface area contributed by atoms with Crippen LogP contribution in [0.3, 0.4) is 0 Å². The Morgan fingerprint density at radius 3 is 2.42 bits per heavy atom. The van der Waals surface area contributed by atoms with Crippen LogP contribution in [-0.4, -0.2) is 23.6 Å². The number of anilines is 2. The van der Waals surface area contributed by atoms with Crippen molar-refractivity contribution in [1.29, 1.82) is 0 Å². The summed E-state index contributed by atoms with van der Waals surface area (Å²) in [6.45, 7) is 0. The molecule has 0 saturated heterocycles. The normalized spacial score (nSPS) is 15.2. The summed E-state index contributed by atoms with van der Waals surface area (Å²) in [5, 5.41) is 3.71. The van der Waals surface area contributed by atoms with Crippen molar-refractivity contribution >= 4 is 22.4 Å². The summed E-state index contributed by atoms with van der Waals surface area (Å²) in [5.74, 6) is 1.02. The number of nitrogens with zero attached hydrogens (tertiary/aromatic N) is 3. The molecule has 0 aliphatic carbocycles. The molecule has 0 fully saturated rings. The Balaban J connectivity index is 1.73. The average Bonchev–Trinajstić information content (AvgIpc) is 3.07. The number of imidazole rings is 1. The standard InChI is InChI=1S/C22H20N4/c1-25(2)16-13-11-15(12-14-16)21-23-18-8-4-3-7-17(18)22-24-19-9-5-6-10-20(19)26(21)22/h3-14,21,23H,1-2H3. The highest BCUT2D eigenvalue weighted by molar-refractivity contribution is 5.86. The Morgan fingerprint density at radius 2 is 1.62 bits per heavy atom. The Bertz CT molecular complexity index is 1090. The second-order valence-corrected chi connectivity index (χ2v) is 6.87. The molecule has 1 unspecified atom stereocenters. The van der Waals surface area contributed by atoms with Crippen LogP contribution < -0.4 is 10.2 Å². The summed E-state index contributed by atoms with van der Waals surface area (Å²) in [6.07, 6.45) is 0.0171. The fourth-order valence-corrected chi connectivity index (χ4v) is 3.70. The van der Waals surface area contributed by atoms with Crippen molar-refractivity contribution in [3.8, 4) is 11.4 Å². The highest BCUT2D eigenvalue weighted by atomic mass is 15.2. The molecule has 0 radical (unpaired) electrons. The number of rotatable bonds is 2. The van der Waals surface area contributed by atoms with Gasteiger partial charge < -0.3 is 10.2 Å². The number of hydrogen-bond acceptors (Lipinski definition) is 3. The van der Waals surface area contributed by atoms with E-state index in [2.05, 4.69) is 95.6 Å². The van der Waals surface area contributed by atoms with Gasteiger partial charge in [0.05, 0.1) is 11.0 Å². The number of fused-ring (bicyclic) bond motifs is 5. The zero-order valence-corrected chi connectivity index (χ0v) is 14.8. The first-order chi connectivity index (χ1) is 12.7. The minimum absolute atomic E-state index is 0.0171. The lowest BCUT2D eigenvalue weighted by Crippen LogP contribution is -2.24. The summed E-state index contributed by atoms with van der Waals surface area (Å²) in [4.78, 5) is 7.05. The van der Waals surface area contributed by atoms with Gasteiger partial charge in [0.2, 0.25) is 0 Å². The van der Waals surface area contributed by atoms with Crippen LogP contribution in [0.2, 0.25) is 0 Å². The summed E-state index contributed by atoms with van der Waals surface area (Å²) >= 11 is 0. The molecule has 4 aromatic rings. The molecule has 4 heteroatoms. The molecule has 26 heavy (non-hydrogen) atoms. The summed E-state index contributed by atoms with van der Waals surface area (Å²) in [6, 6.07) is 25.4. The van der Waals surface area contributed by atoms with E-state index in [0.29, 0.717) is 0 Å². The van der Waals surface area contributed by atoms with Crippen LogP contribution in [-0.2, 0) is 0 Å². The average molecular weight is 340 g/mol. The van der Waals surface area contributed by atoms with Crippen molar-refractivity contribution in [1.82, 2.24) is 9.55 Å². The highest BCUT2D eigenvalue weighted by Crippen LogP contribution is 2.40. The smallest absolute Gasteiger partial charge is 0.145 e. The molecule has 0 bridgehead atoms. The molecule has 0 amide bonds. The van der Waals surface area contributed by atoms with Crippen molar-refractivity contribution in [3.05, 3.63) is 78.4 Å². The van der Waals surface area contributed by atoms with Gasteiger partial charge in [-0.3, -0.25) is 4.57 Å². The van der Waals surface area contributed by atoms with Gasteiger partial charge in [0, 0.05) is 31.0 Å². The van der Waals surface area contributed by atoms with Crippen molar-refractivity contribution < 1.29 is 0 Å². The van der Waals surface area contributed by atoms with Gasteiger partial charge in [0.15, 0.2) is 0 Å². The molecule has 1 aliphatic heterocycles. The van der Waals surface area contributed by atoms with E-state index in [1.807, 2.05) is 6.07 Å². The Labute approximate surface area is 152 Å². The monoisotopic (exact) mass is 340 g/mol. The van der Waals surface area contributed by atoms with Gasteiger partial charge in [-0.25, -0.2) is 4.98 Å². The van der Waals surface area contributed by atoms with Crippen molar-refractivity contribution in [2.75, 3.05) is 24.3 Å². The number of para-hydroxylation sites is 3. The van der Waals surface area contributed by atoms with E-state index in [1.54, 1.807) is 0 Å². The van der Waals surface area contributed by atoms with Gasteiger partial charge in [-0.15, -0.1) is 0 Å². The van der Waals surface area contributed by atoms with Crippen LogP contribution in [0.25, 0.3) is 22.4 Å². The molecule has 5 rings (SSSR count). The van der Waals surface area contributed by atoms with E-state index in [-0.39, 0.29) is 6.17 Å². The topological polar surface area (TPSA) is 33.1 Å². The van der Waals surface area contributed by atoms with E-state index in [1.165, 1.54) is 11.3 Å². The highest BCUT2D eigenvalue weighted by Gasteiger charge is 2.27. The van der Waals surface area contributed by atoms with Gasteiger partial charge in [-0.1, -0.05) is 36.4 Å². The van der Waals surface area contributed by atoms with Crippen molar-refractivity contribution in [3.63, 3.8) is 0 Å². The van der Waals surface area contributed by atoms with Gasteiger partial charge >= 0.3 is 0 Å². The van der Waals surface area contributed by atoms with Crippen LogP contribution in [0.5, 0.6) is 0 Å². The minimum atomic E-state index is 0.0171. The number of benzene rings is 3. The first kappa shape index (κ1) is 15.0. The van der Waals surface area contributed by atoms with Gasteiger partial charge in [-0.2, -0.15) is 0 Å². The largest absolute Gasteiger partial charge is 0.378 e. The summed E-state index contributed by atoms with van der Waals surface area (Å²) in [5.41, 5.74) is 6.85. The number of aromatic nitrogens is 2. The molecule has 0 saturated carbocycles. The van der Waals surface area contributed by atoms with Crippen LogP contribution in [0.1, 0.15) is 11.7 Å². The maximum Gasteiger partial charge on any atom is 0.145 e. The maximum atomic E-state index is 4.93. The molecular weight excluding hydrogens is 320 g/mol. The maximum absolute atomic E-state index is 4.93. The van der Waals surface area contributed by atoms with Crippen LogP contribution in [0.4, 0.5) is 11.4 Å². The van der Waals surface area contributed by atoms with E-state index in [0.717, 1.165) is 28.1 Å². The Morgan fingerprint density at radius 1 is 0.885 bits per heavy atom. The van der Waals surface area contributed by atoms with Gasteiger partial charge in [0.1, 0.15) is 12.0 Å². The van der Waals surface area contributed by atoms with E-state index in [4.69, 9.17) is 4.98 Å². The van der Waals surface area contributed by atoms with Crippen LogP contribution in [0.15, 0.2) is 72.8 Å². The quantitative estimate of drug-likeness (QED) is 0.572. The van der Waals surface area contributed by atoms with Gasteiger partial charge in [-0.05, 0) is 42.0 Å². The molecule has 4 nitrogen and oxygen atoms in total. The first-order valence-corrected chi connectivity index (χ1v) is 8.82. The SMILES string of the molecule is CN(C)c1ccc(C2Nc3ccccc3-c3nc4ccccc4n32)cc1. The Hall–Kier alpha value is -3.27. The van der Waals surface area contributed by atoms with E-state index in [9.17, 15) is 0 Å². The molecule has 1 atom stereocenters. The predicted molar refractivity (Wildman–Crippen MR) is 108 cm³/mol. The predicted octanol–water partition coefficient (Wildman–Crippen LogP) is 4.74. The third-order valence-corrected chi connectivity index (χ3v) is 5.04. The zero-order chi connectivity index (χ0) is 17.7. The fourth-order valence-electron chi connectivity index (χ4n) is 3.70. The van der Waals surface area contributed by atoms with Crippen LogP contribution >= 0.6 is 0 Å². The molecule has 1 N–H and O–H groups in total. The lowest BCUT2D eigenvalue weighted by molar-refractivity contribution is 0.669. The van der Waals surface area contributed by atoms with E-state index >= 15 is 0 Å². The fraction of sp³-hybridized carbons (Fsp3) is 0.136. The molecule has 0 spiro atoms. The van der Waals surface area contributed by atoms with Crippen molar-refractivity contribution in [2.45, 2.75) is 6.17 Å². The molecule has 1 aliphatic rings. The lowest BCUT2D eigenvalue weighted by atomic mass is 10.1. The second kappa shape index (κ2) is 5.63. The van der Waals surface area contributed by atoms with Crippen molar-refractivity contribution in [2.24, 2.45) is 0 Å². The molecular formula is C22H20N4. The third kappa shape index (κ3) is 2.19. The van der Waals surface area contributed by atoms with Gasteiger partial charge in [0.25, 0.3) is 0 Å². The minimum Gasteiger partial charge on any atom is -0.378 e. The number of hydrogen-bond donors (Lipinski definition) is 1. The Kier molecular flexibility index (Phi) is 3.25. The summed E-state index contributed by atoms with van der Waals surface area (Å²) in [7, 11) is 4.12. The third-order valence-electron chi connectivity index (χ3n) is 5.04. The number of nitrogens with one attached hydrogen (secondary N) is 1. The summed E-state index contributed by atoms with van der Waals surface area (Å²) < 4.78 is 2.31. The molecule has 2 heterocycles. The second-order valence-electron chi connectivity index (χ2n) is 6.87. The van der Waals surface area contributed by atoms with E-state index < -0.39 is 0 Å². The molecule has 128 valence electrons. The lowest BCUT2D eigenvalue weighted by Gasteiger charge is -2.30. The molecule has 3 aromatic carbocycles.